The molecular formula is C24H23FN4O4. The molecule has 4 rings (SSSR count). The molecule has 3 heterocycles. The summed E-state index contributed by atoms with van der Waals surface area (Å²) in [6.07, 6.45) is 4.06. The molecule has 33 heavy (non-hydrogen) atoms. The summed E-state index contributed by atoms with van der Waals surface area (Å²) in [6.45, 7) is 1.81. The van der Waals surface area contributed by atoms with E-state index in [1.807, 2.05) is 0 Å². The predicted octanol–water partition coefficient (Wildman–Crippen LogP) is 3.02. The smallest absolute Gasteiger partial charge is 0.241 e. The molecule has 1 fully saturated rings. The lowest BCUT2D eigenvalue weighted by Crippen LogP contribution is -2.43. The van der Waals surface area contributed by atoms with Crippen molar-refractivity contribution in [3.63, 3.8) is 0 Å². The van der Waals surface area contributed by atoms with Gasteiger partial charge in [0.2, 0.25) is 17.7 Å². The van der Waals surface area contributed by atoms with Crippen LogP contribution < -0.4 is 0 Å². The van der Waals surface area contributed by atoms with E-state index in [2.05, 4.69) is 10.1 Å². The summed E-state index contributed by atoms with van der Waals surface area (Å²) in [6, 6.07) is 10.2. The highest BCUT2D eigenvalue weighted by atomic mass is 19.1. The van der Waals surface area contributed by atoms with Crippen LogP contribution in [0.15, 0.2) is 65.6 Å². The van der Waals surface area contributed by atoms with Gasteiger partial charge in [0.05, 0.1) is 18.0 Å². The lowest BCUT2D eigenvalue weighted by Gasteiger charge is -2.31. The van der Waals surface area contributed by atoms with Crippen molar-refractivity contribution in [3.05, 3.63) is 83.8 Å². The number of pyridine rings is 1. The molecule has 0 aliphatic carbocycles. The topological polar surface area (TPSA) is 96.6 Å². The SMILES string of the molecule is C[C@@H](c1ccon1)N(C)C(=O)C[C@]1(c2cccc(F)c2)CC(=O)N(Cc2cccnc2)C1=O. The number of rotatable bonds is 7. The van der Waals surface area contributed by atoms with Gasteiger partial charge in [-0.2, -0.15) is 0 Å². The molecule has 0 unspecified atom stereocenters. The maximum atomic E-state index is 14.1. The Labute approximate surface area is 190 Å². The largest absolute Gasteiger partial charge is 0.364 e. The third kappa shape index (κ3) is 4.26. The highest BCUT2D eigenvalue weighted by Crippen LogP contribution is 2.41. The highest BCUT2D eigenvalue weighted by Gasteiger charge is 2.54. The summed E-state index contributed by atoms with van der Waals surface area (Å²) >= 11 is 0. The number of nitrogens with zero attached hydrogens (tertiary/aromatic N) is 4. The summed E-state index contributed by atoms with van der Waals surface area (Å²) in [5.41, 5.74) is 0.0245. The van der Waals surface area contributed by atoms with E-state index in [0.717, 1.165) is 4.90 Å². The van der Waals surface area contributed by atoms with Crippen LogP contribution in [0, 0.1) is 5.82 Å². The molecule has 1 aliphatic heterocycles. The molecule has 8 nitrogen and oxygen atoms in total. The van der Waals surface area contributed by atoms with Gasteiger partial charge < -0.3 is 9.42 Å². The van der Waals surface area contributed by atoms with Gasteiger partial charge in [0.25, 0.3) is 0 Å². The van der Waals surface area contributed by atoms with Gasteiger partial charge in [0.1, 0.15) is 17.8 Å². The fourth-order valence-corrected chi connectivity index (χ4v) is 4.12. The molecule has 1 aliphatic rings. The van der Waals surface area contributed by atoms with E-state index in [4.69, 9.17) is 4.52 Å². The third-order valence-corrected chi connectivity index (χ3v) is 6.16. The average Bonchev–Trinajstić information content (AvgIpc) is 3.43. The molecule has 0 radical (unpaired) electrons. The van der Waals surface area contributed by atoms with E-state index in [1.54, 1.807) is 50.6 Å². The summed E-state index contributed by atoms with van der Waals surface area (Å²) < 4.78 is 19.0. The molecule has 3 aromatic rings. The van der Waals surface area contributed by atoms with Crippen LogP contribution in [0.3, 0.4) is 0 Å². The zero-order valence-electron chi connectivity index (χ0n) is 18.3. The highest BCUT2D eigenvalue weighted by molar-refractivity contribution is 6.10. The number of benzene rings is 1. The summed E-state index contributed by atoms with van der Waals surface area (Å²) in [5, 5.41) is 3.87. The van der Waals surface area contributed by atoms with Crippen molar-refractivity contribution in [2.75, 3.05) is 7.05 Å². The number of likely N-dealkylation sites (tertiary alicyclic amines) is 1. The zero-order valence-corrected chi connectivity index (χ0v) is 18.3. The number of amides is 3. The molecule has 3 amide bonds. The predicted molar refractivity (Wildman–Crippen MR) is 115 cm³/mol. The van der Waals surface area contributed by atoms with Crippen LogP contribution in [-0.2, 0) is 26.3 Å². The number of carbonyl (C=O) groups is 3. The van der Waals surface area contributed by atoms with Gasteiger partial charge in [-0.15, -0.1) is 0 Å². The first-order valence-electron chi connectivity index (χ1n) is 10.5. The van der Waals surface area contributed by atoms with Gasteiger partial charge in [-0.25, -0.2) is 4.39 Å². The summed E-state index contributed by atoms with van der Waals surface area (Å²) in [7, 11) is 1.59. The zero-order chi connectivity index (χ0) is 23.6. The fourth-order valence-electron chi connectivity index (χ4n) is 4.12. The van der Waals surface area contributed by atoms with Gasteiger partial charge in [-0.05, 0) is 36.2 Å². The molecule has 0 spiro atoms. The molecule has 170 valence electrons. The molecular weight excluding hydrogens is 427 g/mol. The minimum Gasteiger partial charge on any atom is -0.364 e. The second-order valence-corrected chi connectivity index (χ2v) is 8.20. The Morgan fingerprint density at radius 1 is 1.27 bits per heavy atom. The normalized spacial score (nSPS) is 19.1. The summed E-state index contributed by atoms with van der Waals surface area (Å²) in [4.78, 5) is 46.5. The summed E-state index contributed by atoms with van der Waals surface area (Å²) in [5.74, 6) is -1.88. The van der Waals surface area contributed by atoms with Crippen LogP contribution >= 0.6 is 0 Å². The monoisotopic (exact) mass is 450 g/mol. The van der Waals surface area contributed by atoms with E-state index in [1.165, 1.54) is 29.4 Å². The Morgan fingerprint density at radius 3 is 2.76 bits per heavy atom. The first-order chi connectivity index (χ1) is 15.8. The van der Waals surface area contributed by atoms with E-state index < -0.39 is 29.1 Å². The van der Waals surface area contributed by atoms with Crippen LogP contribution in [0.2, 0.25) is 0 Å². The molecule has 0 bridgehead atoms. The molecule has 1 aromatic carbocycles. The van der Waals surface area contributed by atoms with E-state index in [-0.39, 0.29) is 25.3 Å². The quantitative estimate of drug-likeness (QED) is 0.514. The Kier molecular flexibility index (Phi) is 6.04. The van der Waals surface area contributed by atoms with Crippen molar-refractivity contribution in [2.45, 2.75) is 37.8 Å². The molecule has 0 saturated carbocycles. The minimum atomic E-state index is -1.50. The first kappa shape index (κ1) is 22.3. The number of carbonyl (C=O) groups excluding carboxylic acids is 3. The van der Waals surface area contributed by atoms with Crippen LogP contribution in [-0.4, -0.2) is 44.7 Å². The van der Waals surface area contributed by atoms with Crippen molar-refractivity contribution in [1.82, 2.24) is 19.9 Å². The molecule has 0 N–H and O–H groups in total. The van der Waals surface area contributed by atoms with Crippen LogP contribution in [0.25, 0.3) is 0 Å². The lowest BCUT2D eigenvalue weighted by molar-refractivity contribution is -0.143. The molecule has 2 aromatic heterocycles. The van der Waals surface area contributed by atoms with E-state index in [0.29, 0.717) is 16.8 Å². The Hall–Kier alpha value is -3.88. The minimum absolute atomic E-state index is 0.0297. The number of hydrogen-bond acceptors (Lipinski definition) is 6. The van der Waals surface area contributed by atoms with E-state index >= 15 is 0 Å². The molecule has 9 heteroatoms. The van der Waals surface area contributed by atoms with E-state index in [9.17, 15) is 18.8 Å². The van der Waals surface area contributed by atoms with Crippen molar-refractivity contribution >= 4 is 17.7 Å². The number of halogens is 1. The second-order valence-electron chi connectivity index (χ2n) is 8.20. The van der Waals surface area contributed by atoms with Gasteiger partial charge >= 0.3 is 0 Å². The van der Waals surface area contributed by atoms with Crippen LogP contribution in [0.5, 0.6) is 0 Å². The second kappa shape index (κ2) is 8.93. The maximum Gasteiger partial charge on any atom is 0.241 e. The number of aromatic nitrogens is 2. The number of hydrogen-bond donors (Lipinski definition) is 0. The van der Waals surface area contributed by atoms with Gasteiger partial charge in [0.15, 0.2) is 0 Å². The Morgan fingerprint density at radius 2 is 2.09 bits per heavy atom. The third-order valence-electron chi connectivity index (χ3n) is 6.16. The first-order valence-corrected chi connectivity index (χ1v) is 10.5. The van der Waals surface area contributed by atoms with Gasteiger partial charge in [-0.3, -0.25) is 24.3 Å². The Balaban J connectivity index is 1.67. The standard InChI is InChI=1S/C24H23FN4O4/c1-16(20-8-10-33-27-20)28(2)21(30)12-24(18-6-3-7-19(25)11-18)13-22(31)29(23(24)32)15-17-5-4-9-26-14-17/h3-11,14,16H,12-13,15H2,1-2H3/t16-,24+/m0/s1. The fraction of sp³-hybridized carbons (Fsp3) is 0.292. The lowest BCUT2D eigenvalue weighted by atomic mass is 9.75. The van der Waals surface area contributed by atoms with Crippen molar-refractivity contribution in [1.29, 1.82) is 0 Å². The Bertz CT molecular complexity index is 1170. The van der Waals surface area contributed by atoms with Crippen LogP contribution in [0.4, 0.5) is 4.39 Å². The molecule has 2 atom stereocenters. The van der Waals surface area contributed by atoms with Crippen LogP contribution in [0.1, 0.15) is 42.6 Å². The average molecular weight is 450 g/mol. The van der Waals surface area contributed by atoms with Crippen molar-refractivity contribution in [2.24, 2.45) is 0 Å². The van der Waals surface area contributed by atoms with Crippen molar-refractivity contribution in [3.8, 4) is 0 Å². The van der Waals surface area contributed by atoms with Gasteiger partial charge in [0, 0.05) is 38.3 Å². The van der Waals surface area contributed by atoms with Crippen molar-refractivity contribution < 1.29 is 23.3 Å². The maximum absolute atomic E-state index is 14.1. The molecule has 1 saturated heterocycles. The van der Waals surface area contributed by atoms with Gasteiger partial charge in [-0.1, -0.05) is 23.4 Å². The number of imide groups is 1.